The number of anilines is 1. The molecule has 0 amide bonds. The minimum Gasteiger partial charge on any atom is -0.457 e. The summed E-state index contributed by atoms with van der Waals surface area (Å²) in [6, 6.07) is 18.1. The second-order valence-corrected chi connectivity index (χ2v) is 5.13. The van der Waals surface area contributed by atoms with Crippen LogP contribution >= 0.6 is 0 Å². The quantitative estimate of drug-likeness (QED) is 0.916. The van der Waals surface area contributed by atoms with Gasteiger partial charge in [0.1, 0.15) is 11.5 Å². The molecule has 104 valence electrons. The zero-order valence-corrected chi connectivity index (χ0v) is 11.8. The highest BCUT2D eigenvalue weighted by atomic mass is 16.5. The lowest BCUT2D eigenvalue weighted by Gasteiger charge is -2.26. The van der Waals surface area contributed by atoms with Crippen molar-refractivity contribution in [2.45, 2.75) is 19.0 Å². The van der Waals surface area contributed by atoms with Gasteiger partial charge in [-0.3, -0.25) is 5.32 Å². The molecule has 1 heterocycles. The van der Waals surface area contributed by atoms with Gasteiger partial charge in [0.15, 0.2) is 0 Å². The molecule has 1 aliphatic heterocycles. The summed E-state index contributed by atoms with van der Waals surface area (Å²) >= 11 is 0. The van der Waals surface area contributed by atoms with Crippen LogP contribution in [0.3, 0.4) is 0 Å². The fourth-order valence-electron chi connectivity index (χ4n) is 2.55. The summed E-state index contributed by atoms with van der Waals surface area (Å²) in [5.41, 5.74) is 1.21. The van der Waals surface area contributed by atoms with Crippen LogP contribution in [0.25, 0.3) is 0 Å². The van der Waals surface area contributed by atoms with Crippen molar-refractivity contribution in [1.29, 1.82) is 0 Å². The smallest absolute Gasteiger partial charge is 0.127 e. The van der Waals surface area contributed by atoms with Gasteiger partial charge in [-0.1, -0.05) is 18.2 Å². The summed E-state index contributed by atoms with van der Waals surface area (Å²) < 4.78 is 5.80. The van der Waals surface area contributed by atoms with Gasteiger partial charge in [0, 0.05) is 12.7 Å². The Balaban J connectivity index is 1.68. The van der Waals surface area contributed by atoms with Crippen molar-refractivity contribution in [3.8, 4) is 11.5 Å². The van der Waals surface area contributed by atoms with Crippen LogP contribution in [-0.2, 0) is 0 Å². The zero-order valence-electron chi connectivity index (χ0n) is 11.8. The standard InChI is InChI=1S/C17H20N2O/c1-19(17-8-5-13-18-17)14-9-11-16(12-10-14)20-15-6-3-2-4-7-15/h2-4,6-7,9-12,17-18H,5,8,13H2,1H3/t17-/m1/s1. The second kappa shape index (κ2) is 5.97. The van der Waals surface area contributed by atoms with Gasteiger partial charge in [-0.25, -0.2) is 0 Å². The minimum atomic E-state index is 0.455. The van der Waals surface area contributed by atoms with Crippen molar-refractivity contribution in [3.05, 3.63) is 54.6 Å². The summed E-state index contributed by atoms with van der Waals surface area (Å²) in [6.07, 6.45) is 2.92. The van der Waals surface area contributed by atoms with Gasteiger partial charge in [-0.05, 0) is 55.8 Å². The fraction of sp³-hybridized carbons (Fsp3) is 0.294. The van der Waals surface area contributed by atoms with Crippen LogP contribution < -0.4 is 15.0 Å². The van der Waals surface area contributed by atoms with Crippen molar-refractivity contribution in [3.63, 3.8) is 0 Å². The first-order chi connectivity index (χ1) is 9.83. The van der Waals surface area contributed by atoms with Gasteiger partial charge < -0.3 is 9.64 Å². The summed E-state index contributed by atoms with van der Waals surface area (Å²) in [5, 5.41) is 3.50. The van der Waals surface area contributed by atoms with E-state index in [4.69, 9.17) is 4.74 Å². The minimum absolute atomic E-state index is 0.455. The van der Waals surface area contributed by atoms with Gasteiger partial charge in [0.2, 0.25) is 0 Å². The molecule has 1 aliphatic rings. The van der Waals surface area contributed by atoms with Crippen molar-refractivity contribution in [2.24, 2.45) is 0 Å². The number of benzene rings is 2. The number of hydrogen-bond donors (Lipinski definition) is 1. The van der Waals surface area contributed by atoms with Gasteiger partial charge >= 0.3 is 0 Å². The van der Waals surface area contributed by atoms with E-state index in [0.29, 0.717) is 6.17 Å². The molecule has 0 bridgehead atoms. The molecule has 1 atom stereocenters. The first-order valence-electron chi connectivity index (χ1n) is 7.12. The van der Waals surface area contributed by atoms with Gasteiger partial charge in [0.05, 0.1) is 6.17 Å². The molecule has 3 rings (SSSR count). The lowest BCUT2D eigenvalue weighted by molar-refractivity contribution is 0.482. The number of nitrogens with one attached hydrogen (secondary N) is 1. The predicted molar refractivity (Wildman–Crippen MR) is 82.4 cm³/mol. The molecule has 0 aliphatic carbocycles. The zero-order chi connectivity index (χ0) is 13.8. The first-order valence-corrected chi connectivity index (χ1v) is 7.12. The Morgan fingerprint density at radius 2 is 1.70 bits per heavy atom. The Morgan fingerprint density at radius 3 is 2.35 bits per heavy atom. The number of rotatable bonds is 4. The Hall–Kier alpha value is -2.00. The molecule has 1 N–H and O–H groups in total. The van der Waals surface area contributed by atoms with Gasteiger partial charge in [-0.2, -0.15) is 0 Å². The topological polar surface area (TPSA) is 24.5 Å². The lowest BCUT2D eigenvalue weighted by atomic mass is 10.2. The molecule has 3 heteroatoms. The molecule has 0 spiro atoms. The van der Waals surface area contributed by atoms with E-state index in [2.05, 4.69) is 29.4 Å². The average Bonchev–Trinajstić information content (AvgIpc) is 3.03. The normalized spacial score (nSPS) is 17.9. The molecular formula is C17H20N2O. The third kappa shape index (κ3) is 2.94. The van der Waals surface area contributed by atoms with E-state index in [-0.39, 0.29) is 0 Å². The van der Waals surface area contributed by atoms with Crippen molar-refractivity contribution in [1.82, 2.24) is 5.32 Å². The average molecular weight is 268 g/mol. The van der Waals surface area contributed by atoms with E-state index in [1.807, 2.05) is 42.5 Å². The number of nitrogens with zero attached hydrogens (tertiary/aromatic N) is 1. The van der Waals surface area contributed by atoms with Crippen LogP contribution in [0.4, 0.5) is 5.69 Å². The molecule has 2 aromatic rings. The van der Waals surface area contributed by atoms with E-state index < -0.39 is 0 Å². The summed E-state index contributed by atoms with van der Waals surface area (Å²) in [6.45, 7) is 1.12. The van der Waals surface area contributed by atoms with Crippen LogP contribution in [0.2, 0.25) is 0 Å². The maximum Gasteiger partial charge on any atom is 0.127 e. The Kier molecular flexibility index (Phi) is 3.88. The van der Waals surface area contributed by atoms with E-state index in [1.165, 1.54) is 18.5 Å². The lowest BCUT2D eigenvalue weighted by Crippen LogP contribution is -2.39. The molecule has 0 aromatic heterocycles. The number of hydrogen-bond acceptors (Lipinski definition) is 3. The largest absolute Gasteiger partial charge is 0.457 e. The molecular weight excluding hydrogens is 248 g/mol. The second-order valence-electron chi connectivity index (χ2n) is 5.13. The summed E-state index contributed by atoms with van der Waals surface area (Å²) in [7, 11) is 2.13. The number of ether oxygens (including phenoxy) is 1. The van der Waals surface area contributed by atoms with Gasteiger partial charge in [0.25, 0.3) is 0 Å². The predicted octanol–water partition coefficient (Wildman–Crippen LogP) is 3.62. The van der Waals surface area contributed by atoms with Crippen LogP contribution in [0, 0.1) is 0 Å². The molecule has 0 radical (unpaired) electrons. The highest BCUT2D eigenvalue weighted by molar-refractivity contribution is 5.49. The Labute approximate surface area is 120 Å². The number of para-hydroxylation sites is 1. The third-order valence-corrected chi connectivity index (χ3v) is 3.72. The fourth-order valence-corrected chi connectivity index (χ4v) is 2.55. The van der Waals surface area contributed by atoms with E-state index in [0.717, 1.165) is 18.0 Å². The molecule has 0 saturated carbocycles. The maximum absolute atomic E-state index is 5.80. The van der Waals surface area contributed by atoms with Crippen molar-refractivity contribution < 1.29 is 4.74 Å². The molecule has 0 unspecified atom stereocenters. The SMILES string of the molecule is CN(c1ccc(Oc2ccccc2)cc1)[C@@H]1CCCN1. The van der Waals surface area contributed by atoms with Crippen molar-refractivity contribution >= 4 is 5.69 Å². The molecule has 2 aromatic carbocycles. The molecule has 20 heavy (non-hydrogen) atoms. The van der Waals surface area contributed by atoms with Crippen LogP contribution in [0.1, 0.15) is 12.8 Å². The first kappa shape index (κ1) is 13.0. The van der Waals surface area contributed by atoms with E-state index in [9.17, 15) is 0 Å². The van der Waals surface area contributed by atoms with Crippen LogP contribution in [-0.4, -0.2) is 19.8 Å². The van der Waals surface area contributed by atoms with Gasteiger partial charge in [-0.15, -0.1) is 0 Å². The van der Waals surface area contributed by atoms with Crippen molar-refractivity contribution in [2.75, 3.05) is 18.5 Å². The highest BCUT2D eigenvalue weighted by Gasteiger charge is 2.18. The van der Waals surface area contributed by atoms with E-state index in [1.54, 1.807) is 0 Å². The Bertz CT molecular complexity index is 533. The monoisotopic (exact) mass is 268 g/mol. The van der Waals surface area contributed by atoms with E-state index >= 15 is 0 Å². The molecule has 1 saturated heterocycles. The third-order valence-electron chi connectivity index (χ3n) is 3.72. The van der Waals surface area contributed by atoms with Crippen LogP contribution in [0.15, 0.2) is 54.6 Å². The highest BCUT2D eigenvalue weighted by Crippen LogP contribution is 2.25. The molecule has 1 fully saturated rings. The Morgan fingerprint density at radius 1 is 1.00 bits per heavy atom. The maximum atomic E-state index is 5.80. The molecule has 3 nitrogen and oxygen atoms in total. The summed E-state index contributed by atoms with van der Waals surface area (Å²) in [4.78, 5) is 2.29. The summed E-state index contributed by atoms with van der Waals surface area (Å²) in [5.74, 6) is 1.73. The van der Waals surface area contributed by atoms with Crippen LogP contribution in [0.5, 0.6) is 11.5 Å².